The van der Waals surface area contributed by atoms with Crippen LogP contribution in [0.2, 0.25) is 0 Å². The number of fused-ring (bicyclic) bond motifs is 1. The summed E-state index contributed by atoms with van der Waals surface area (Å²) < 4.78 is 5.74. The summed E-state index contributed by atoms with van der Waals surface area (Å²) in [4.78, 5) is 15.8. The molecule has 5 heteroatoms. The smallest absolute Gasteiger partial charge is 0.231 e. The number of carbonyl (C=O) groups excluding carboxylic acids is 1. The Balaban J connectivity index is 1.60. The zero-order valence-electron chi connectivity index (χ0n) is 14.2. The van der Waals surface area contributed by atoms with Crippen LogP contribution in [0.4, 0.5) is 5.69 Å². The Morgan fingerprint density at radius 1 is 1.30 bits per heavy atom. The zero-order chi connectivity index (χ0) is 16.6. The normalized spacial score (nSPS) is 26.4. The van der Waals surface area contributed by atoms with Crippen LogP contribution in [0.15, 0.2) is 18.2 Å². The summed E-state index contributed by atoms with van der Waals surface area (Å²) in [6.07, 6.45) is 1.14. The minimum atomic E-state index is -0.491. The van der Waals surface area contributed by atoms with Crippen molar-refractivity contribution in [3.63, 3.8) is 0 Å². The Bertz CT molecular complexity index is 580. The second kappa shape index (κ2) is 6.59. The van der Waals surface area contributed by atoms with Gasteiger partial charge in [-0.3, -0.25) is 9.69 Å². The van der Waals surface area contributed by atoms with Gasteiger partial charge in [-0.1, -0.05) is 12.1 Å². The summed E-state index contributed by atoms with van der Waals surface area (Å²) in [5, 5.41) is 10.5. The quantitative estimate of drug-likeness (QED) is 0.919. The van der Waals surface area contributed by atoms with Crippen molar-refractivity contribution in [2.45, 2.75) is 45.0 Å². The van der Waals surface area contributed by atoms with Crippen LogP contribution in [0.25, 0.3) is 0 Å². The molecule has 0 saturated carbocycles. The second-order valence-corrected chi connectivity index (χ2v) is 6.84. The predicted molar refractivity (Wildman–Crippen MR) is 89.6 cm³/mol. The monoisotopic (exact) mass is 318 g/mol. The SMILES string of the molecule is CC1CN(CCC(O)c2ccc3c(c2)CC(=O)N3C)CC(C)O1. The van der Waals surface area contributed by atoms with Crippen LogP contribution in [0.1, 0.15) is 37.5 Å². The lowest BCUT2D eigenvalue weighted by molar-refractivity contribution is -0.117. The Kier molecular flexibility index (Phi) is 4.71. The van der Waals surface area contributed by atoms with Crippen molar-refractivity contribution in [1.82, 2.24) is 4.90 Å². The first-order valence-corrected chi connectivity index (χ1v) is 8.39. The summed E-state index contributed by atoms with van der Waals surface area (Å²) in [6.45, 7) is 6.87. The maximum absolute atomic E-state index is 11.8. The van der Waals surface area contributed by atoms with Gasteiger partial charge in [0.15, 0.2) is 0 Å². The predicted octanol–water partition coefficient (Wildman–Crippen LogP) is 1.74. The number of hydrogen-bond acceptors (Lipinski definition) is 4. The third-order valence-corrected chi connectivity index (χ3v) is 4.78. The Hall–Kier alpha value is -1.43. The van der Waals surface area contributed by atoms with E-state index in [-0.39, 0.29) is 18.1 Å². The lowest BCUT2D eigenvalue weighted by Crippen LogP contribution is -2.45. The average Bonchev–Trinajstić information content (AvgIpc) is 2.78. The van der Waals surface area contributed by atoms with E-state index in [9.17, 15) is 9.90 Å². The Labute approximate surface area is 137 Å². The molecule has 1 fully saturated rings. The summed E-state index contributed by atoms with van der Waals surface area (Å²) >= 11 is 0. The average molecular weight is 318 g/mol. The minimum Gasteiger partial charge on any atom is -0.388 e. The maximum Gasteiger partial charge on any atom is 0.231 e. The molecule has 0 aromatic heterocycles. The molecule has 1 saturated heterocycles. The summed E-state index contributed by atoms with van der Waals surface area (Å²) in [5.74, 6) is 0.114. The van der Waals surface area contributed by atoms with E-state index in [1.54, 1.807) is 11.9 Å². The second-order valence-electron chi connectivity index (χ2n) is 6.84. The number of carbonyl (C=O) groups is 1. The molecule has 3 unspecified atom stereocenters. The molecular formula is C18H26N2O3. The minimum absolute atomic E-state index is 0.114. The van der Waals surface area contributed by atoms with Gasteiger partial charge in [0, 0.05) is 32.4 Å². The largest absolute Gasteiger partial charge is 0.388 e. The number of anilines is 1. The number of benzene rings is 1. The molecule has 1 N–H and O–H groups in total. The van der Waals surface area contributed by atoms with E-state index in [4.69, 9.17) is 4.74 Å². The van der Waals surface area contributed by atoms with Crippen molar-refractivity contribution in [3.05, 3.63) is 29.3 Å². The van der Waals surface area contributed by atoms with Crippen LogP contribution in [0.3, 0.4) is 0 Å². The lowest BCUT2D eigenvalue weighted by Gasteiger charge is -2.35. The van der Waals surface area contributed by atoms with Gasteiger partial charge in [0.1, 0.15) is 0 Å². The van der Waals surface area contributed by atoms with Crippen molar-refractivity contribution in [2.24, 2.45) is 0 Å². The highest BCUT2D eigenvalue weighted by Gasteiger charge is 2.26. The molecule has 2 aliphatic heterocycles. The highest BCUT2D eigenvalue weighted by molar-refractivity contribution is 6.00. The topological polar surface area (TPSA) is 53.0 Å². The third-order valence-electron chi connectivity index (χ3n) is 4.78. The fourth-order valence-electron chi connectivity index (χ4n) is 3.64. The molecule has 2 aliphatic rings. The van der Waals surface area contributed by atoms with Crippen molar-refractivity contribution < 1.29 is 14.6 Å². The molecule has 23 heavy (non-hydrogen) atoms. The van der Waals surface area contributed by atoms with Gasteiger partial charge in [-0.25, -0.2) is 0 Å². The standard InChI is InChI=1S/C18H26N2O3/c1-12-10-20(11-13(2)23-12)7-6-17(21)14-4-5-16-15(8-14)9-18(22)19(16)3/h4-5,8,12-13,17,21H,6-7,9-11H2,1-3H3. The number of hydrogen-bond donors (Lipinski definition) is 1. The Morgan fingerprint density at radius 3 is 2.70 bits per heavy atom. The van der Waals surface area contributed by atoms with Gasteiger partial charge in [0.25, 0.3) is 0 Å². The van der Waals surface area contributed by atoms with E-state index >= 15 is 0 Å². The molecule has 1 aromatic rings. The van der Waals surface area contributed by atoms with Gasteiger partial charge in [-0.05, 0) is 37.5 Å². The number of morpholine rings is 1. The lowest BCUT2D eigenvalue weighted by atomic mass is 10.0. The van der Waals surface area contributed by atoms with E-state index in [2.05, 4.69) is 18.7 Å². The number of likely N-dealkylation sites (N-methyl/N-ethyl adjacent to an activating group) is 1. The van der Waals surface area contributed by atoms with Crippen LogP contribution in [0, 0.1) is 0 Å². The maximum atomic E-state index is 11.8. The molecule has 126 valence electrons. The Morgan fingerprint density at radius 2 is 2.00 bits per heavy atom. The molecule has 2 heterocycles. The highest BCUT2D eigenvalue weighted by Crippen LogP contribution is 2.31. The van der Waals surface area contributed by atoms with Gasteiger partial charge >= 0.3 is 0 Å². The summed E-state index contributed by atoms with van der Waals surface area (Å²) in [7, 11) is 1.80. The van der Waals surface area contributed by atoms with Gasteiger partial charge < -0.3 is 14.7 Å². The van der Waals surface area contributed by atoms with Gasteiger partial charge in [0.2, 0.25) is 5.91 Å². The van der Waals surface area contributed by atoms with Crippen LogP contribution in [-0.4, -0.2) is 54.8 Å². The zero-order valence-corrected chi connectivity index (χ0v) is 14.2. The molecule has 3 atom stereocenters. The highest BCUT2D eigenvalue weighted by atomic mass is 16.5. The molecule has 5 nitrogen and oxygen atoms in total. The third kappa shape index (κ3) is 3.57. The van der Waals surface area contributed by atoms with Crippen molar-refractivity contribution in [2.75, 3.05) is 31.6 Å². The van der Waals surface area contributed by atoms with Crippen LogP contribution < -0.4 is 4.90 Å². The first-order valence-electron chi connectivity index (χ1n) is 8.39. The summed E-state index contributed by atoms with van der Waals surface area (Å²) in [6, 6.07) is 5.85. The fraction of sp³-hybridized carbons (Fsp3) is 0.611. The number of nitrogens with zero attached hydrogens (tertiary/aromatic N) is 2. The fourth-order valence-corrected chi connectivity index (χ4v) is 3.64. The van der Waals surface area contributed by atoms with E-state index < -0.39 is 6.10 Å². The van der Waals surface area contributed by atoms with Crippen molar-refractivity contribution in [1.29, 1.82) is 0 Å². The molecule has 0 spiro atoms. The van der Waals surface area contributed by atoms with E-state index in [0.29, 0.717) is 12.8 Å². The van der Waals surface area contributed by atoms with Gasteiger partial charge in [0.05, 0.1) is 24.7 Å². The molecule has 3 rings (SSSR count). The molecule has 1 aromatic carbocycles. The molecule has 0 aliphatic carbocycles. The molecule has 0 radical (unpaired) electrons. The van der Waals surface area contributed by atoms with Crippen molar-refractivity contribution >= 4 is 11.6 Å². The number of ether oxygens (including phenoxy) is 1. The van der Waals surface area contributed by atoms with E-state index in [1.807, 2.05) is 18.2 Å². The van der Waals surface area contributed by atoms with Crippen LogP contribution in [0.5, 0.6) is 0 Å². The first-order chi connectivity index (χ1) is 10.9. The molecular weight excluding hydrogens is 292 g/mol. The summed E-state index contributed by atoms with van der Waals surface area (Å²) in [5.41, 5.74) is 2.88. The molecule has 1 amide bonds. The molecule has 0 bridgehead atoms. The van der Waals surface area contributed by atoms with Crippen molar-refractivity contribution in [3.8, 4) is 0 Å². The number of rotatable bonds is 4. The van der Waals surface area contributed by atoms with Crippen LogP contribution >= 0.6 is 0 Å². The number of aliphatic hydroxyl groups excluding tert-OH is 1. The number of amides is 1. The van der Waals surface area contributed by atoms with Crippen LogP contribution in [-0.2, 0) is 16.0 Å². The van der Waals surface area contributed by atoms with E-state index in [1.165, 1.54) is 0 Å². The van der Waals surface area contributed by atoms with Gasteiger partial charge in [-0.2, -0.15) is 0 Å². The first kappa shape index (κ1) is 16.4. The number of aliphatic hydroxyl groups is 1. The van der Waals surface area contributed by atoms with Gasteiger partial charge in [-0.15, -0.1) is 0 Å². The van der Waals surface area contributed by atoms with E-state index in [0.717, 1.165) is 36.4 Å².